The summed E-state index contributed by atoms with van der Waals surface area (Å²) in [5, 5.41) is -0.432. The molecule has 2 amide bonds. The third-order valence-electron chi connectivity index (χ3n) is 4.36. The van der Waals surface area contributed by atoms with E-state index in [0.717, 1.165) is 17.3 Å². The molecular formula is C20H19ClFNO4S. The molecule has 148 valence electrons. The summed E-state index contributed by atoms with van der Waals surface area (Å²) in [6.07, 6.45) is 0.343. The first-order valence-electron chi connectivity index (χ1n) is 8.69. The van der Waals surface area contributed by atoms with Gasteiger partial charge in [-0.15, -0.1) is 0 Å². The van der Waals surface area contributed by atoms with Gasteiger partial charge in [-0.3, -0.25) is 14.5 Å². The zero-order valence-corrected chi connectivity index (χ0v) is 17.0. The number of hydrogen-bond acceptors (Lipinski definition) is 5. The molecule has 28 heavy (non-hydrogen) atoms. The lowest BCUT2D eigenvalue weighted by molar-refractivity contribution is -0.126. The lowest BCUT2D eigenvalue weighted by Gasteiger charge is -2.15. The van der Waals surface area contributed by atoms with E-state index in [1.807, 2.05) is 0 Å². The number of ether oxygens (including phenoxy) is 2. The van der Waals surface area contributed by atoms with Gasteiger partial charge in [0.05, 0.1) is 17.4 Å². The Morgan fingerprint density at radius 1 is 1.25 bits per heavy atom. The summed E-state index contributed by atoms with van der Waals surface area (Å²) in [7, 11) is 1.48. The van der Waals surface area contributed by atoms with Crippen LogP contribution in [0.5, 0.6) is 11.5 Å². The molecule has 0 aromatic heterocycles. The maximum Gasteiger partial charge on any atom is 0.289 e. The first-order valence-corrected chi connectivity index (χ1v) is 9.95. The van der Waals surface area contributed by atoms with Gasteiger partial charge in [-0.05, 0) is 37.1 Å². The molecule has 1 atom stereocenters. The van der Waals surface area contributed by atoms with Gasteiger partial charge in [0.1, 0.15) is 12.4 Å². The van der Waals surface area contributed by atoms with E-state index in [1.54, 1.807) is 37.3 Å². The molecule has 1 fully saturated rings. The van der Waals surface area contributed by atoms with E-state index in [2.05, 4.69) is 0 Å². The van der Waals surface area contributed by atoms with Crippen molar-refractivity contribution in [2.45, 2.75) is 25.2 Å². The Morgan fingerprint density at radius 2 is 2.00 bits per heavy atom. The monoisotopic (exact) mass is 423 g/mol. The molecule has 3 rings (SSSR count). The van der Waals surface area contributed by atoms with Crippen LogP contribution in [0.3, 0.4) is 0 Å². The molecule has 2 aromatic rings. The second-order valence-electron chi connectivity index (χ2n) is 6.15. The largest absolute Gasteiger partial charge is 0.493 e. The number of methoxy groups -OCH3 is 1. The van der Waals surface area contributed by atoms with Crippen LogP contribution in [0.4, 0.5) is 9.18 Å². The number of rotatable bonds is 7. The Labute approximate surface area is 171 Å². The summed E-state index contributed by atoms with van der Waals surface area (Å²) in [6.45, 7) is 2.12. The first-order chi connectivity index (χ1) is 13.4. The van der Waals surface area contributed by atoms with Crippen LogP contribution in [0.25, 0.3) is 0 Å². The summed E-state index contributed by atoms with van der Waals surface area (Å²) < 4.78 is 24.8. The number of amides is 2. The molecule has 1 aliphatic heterocycles. The zero-order valence-electron chi connectivity index (χ0n) is 15.4. The highest BCUT2D eigenvalue weighted by molar-refractivity contribution is 8.15. The molecule has 0 spiro atoms. The Morgan fingerprint density at radius 3 is 2.64 bits per heavy atom. The minimum atomic E-state index is -0.488. The maximum absolute atomic E-state index is 13.8. The van der Waals surface area contributed by atoms with Crippen molar-refractivity contribution in [2.24, 2.45) is 0 Å². The van der Waals surface area contributed by atoms with Crippen molar-refractivity contribution in [1.29, 1.82) is 0 Å². The standard InChI is InChI=1S/C20H19ClFNO4S/c1-3-23-19(24)17(28-20(23)25)10-12-8-14(21)18(16(9-12)26-2)27-11-13-6-4-5-7-15(13)22/h4-9,17H,3,10-11H2,1-2H3/t17-/m0/s1. The highest BCUT2D eigenvalue weighted by Crippen LogP contribution is 2.39. The fourth-order valence-electron chi connectivity index (χ4n) is 2.92. The maximum atomic E-state index is 13.8. The first kappa shape index (κ1) is 20.5. The van der Waals surface area contributed by atoms with E-state index in [9.17, 15) is 14.0 Å². The number of halogens is 2. The van der Waals surface area contributed by atoms with E-state index in [1.165, 1.54) is 18.1 Å². The fourth-order valence-corrected chi connectivity index (χ4v) is 4.31. The van der Waals surface area contributed by atoms with Gasteiger partial charge in [-0.25, -0.2) is 4.39 Å². The number of carbonyl (C=O) groups is 2. The van der Waals surface area contributed by atoms with Gasteiger partial charge in [0.25, 0.3) is 5.24 Å². The van der Waals surface area contributed by atoms with E-state index in [-0.39, 0.29) is 23.6 Å². The van der Waals surface area contributed by atoms with E-state index in [4.69, 9.17) is 21.1 Å². The molecule has 0 N–H and O–H groups in total. The van der Waals surface area contributed by atoms with Crippen molar-refractivity contribution in [3.8, 4) is 11.5 Å². The SMILES string of the molecule is CCN1C(=O)S[C@@H](Cc2cc(Cl)c(OCc3ccccc3F)c(OC)c2)C1=O. The average molecular weight is 424 g/mol. The third kappa shape index (κ3) is 4.25. The molecule has 0 unspecified atom stereocenters. The van der Waals surface area contributed by atoms with Crippen molar-refractivity contribution in [3.63, 3.8) is 0 Å². The predicted molar refractivity (Wildman–Crippen MR) is 107 cm³/mol. The molecule has 2 aromatic carbocycles. The Bertz CT molecular complexity index is 908. The Kier molecular flexibility index (Phi) is 6.46. The van der Waals surface area contributed by atoms with Crippen LogP contribution < -0.4 is 9.47 Å². The van der Waals surface area contributed by atoms with Gasteiger partial charge in [-0.1, -0.05) is 41.6 Å². The predicted octanol–water partition coefficient (Wildman–Crippen LogP) is 4.69. The number of thioether (sulfide) groups is 1. The zero-order chi connectivity index (χ0) is 20.3. The van der Waals surface area contributed by atoms with Crippen LogP contribution in [0.15, 0.2) is 36.4 Å². The third-order valence-corrected chi connectivity index (χ3v) is 5.72. The average Bonchev–Trinajstić information content (AvgIpc) is 2.94. The van der Waals surface area contributed by atoms with Gasteiger partial charge in [0.2, 0.25) is 5.91 Å². The summed E-state index contributed by atoms with van der Waals surface area (Å²) >= 11 is 7.37. The topological polar surface area (TPSA) is 55.8 Å². The van der Waals surface area contributed by atoms with Gasteiger partial charge < -0.3 is 9.47 Å². The smallest absolute Gasteiger partial charge is 0.289 e. The van der Waals surface area contributed by atoms with E-state index >= 15 is 0 Å². The summed E-state index contributed by atoms with van der Waals surface area (Å²) in [6, 6.07) is 9.71. The van der Waals surface area contributed by atoms with Crippen molar-refractivity contribution < 1.29 is 23.5 Å². The van der Waals surface area contributed by atoms with Crippen LogP contribution in [0.1, 0.15) is 18.1 Å². The van der Waals surface area contributed by atoms with Crippen LogP contribution in [-0.4, -0.2) is 35.0 Å². The minimum absolute atomic E-state index is 0.000968. The number of nitrogens with zero attached hydrogens (tertiary/aromatic N) is 1. The fraction of sp³-hybridized carbons (Fsp3) is 0.300. The molecule has 0 saturated carbocycles. The highest BCUT2D eigenvalue weighted by atomic mass is 35.5. The number of imide groups is 1. The van der Waals surface area contributed by atoms with Gasteiger partial charge in [0, 0.05) is 12.1 Å². The molecule has 0 bridgehead atoms. The van der Waals surface area contributed by atoms with Crippen LogP contribution in [0.2, 0.25) is 5.02 Å². The molecule has 1 saturated heterocycles. The molecule has 1 heterocycles. The number of carbonyl (C=O) groups excluding carboxylic acids is 2. The summed E-state index contributed by atoms with van der Waals surface area (Å²) in [5.74, 6) is 0.115. The summed E-state index contributed by atoms with van der Waals surface area (Å²) in [4.78, 5) is 25.4. The van der Waals surface area contributed by atoms with Crippen molar-refractivity contribution in [2.75, 3.05) is 13.7 Å². The van der Waals surface area contributed by atoms with Crippen LogP contribution in [-0.2, 0) is 17.8 Å². The molecule has 8 heteroatoms. The molecule has 5 nitrogen and oxygen atoms in total. The van der Waals surface area contributed by atoms with Crippen molar-refractivity contribution >= 4 is 34.5 Å². The number of hydrogen-bond donors (Lipinski definition) is 0. The van der Waals surface area contributed by atoms with E-state index < -0.39 is 5.25 Å². The van der Waals surface area contributed by atoms with Gasteiger partial charge in [-0.2, -0.15) is 0 Å². The van der Waals surface area contributed by atoms with E-state index in [0.29, 0.717) is 35.1 Å². The molecule has 0 radical (unpaired) electrons. The molecule has 0 aliphatic carbocycles. The molecule has 1 aliphatic rings. The number of benzene rings is 2. The quantitative estimate of drug-likeness (QED) is 0.646. The second kappa shape index (κ2) is 8.84. The second-order valence-corrected chi connectivity index (χ2v) is 7.71. The highest BCUT2D eigenvalue weighted by Gasteiger charge is 2.38. The molecular weight excluding hydrogens is 405 g/mol. The lowest BCUT2D eigenvalue weighted by Crippen LogP contribution is -2.31. The van der Waals surface area contributed by atoms with Crippen molar-refractivity contribution in [3.05, 3.63) is 58.4 Å². The summed E-state index contributed by atoms with van der Waals surface area (Å²) in [5.41, 5.74) is 1.15. The normalized spacial score (nSPS) is 16.6. The van der Waals surface area contributed by atoms with Gasteiger partial charge >= 0.3 is 0 Å². The lowest BCUT2D eigenvalue weighted by atomic mass is 10.1. The minimum Gasteiger partial charge on any atom is -0.493 e. The van der Waals surface area contributed by atoms with Crippen LogP contribution in [0, 0.1) is 5.82 Å². The Hall–Kier alpha value is -2.25. The Balaban J connectivity index is 1.77. The van der Waals surface area contributed by atoms with Crippen LogP contribution >= 0.6 is 23.4 Å². The van der Waals surface area contributed by atoms with Gasteiger partial charge in [0.15, 0.2) is 11.5 Å². The van der Waals surface area contributed by atoms with Crippen molar-refractivity contribution in [1.82, 2.24) is 4.90 Å².